The number of benzene rings is 4. The molecule has 0 aromatic heterocycles. The van der Waals surface area contributed by atoms with E-state index in [1.807, 2.05) is 12.1 Å². The van der Waals surface area contributed by atoms with Crippen LogP contribution in [0.1, 0.15) is 22.3 Å². The highest BCUT2D eigenvalue weighted by molar-refractivity contribution is 9.10. The molecule has 0 aliphatic heterocycles. The molecule has 0 spiro atoms. The number of hydrazone groups is 1. The zero-order valence-corrected chi connectivity index (χ0v) is 20.2. The Bertz CT molecular complexity index is 1290. The van der Waals surface area contributed by atoms with E-state index in [9.17, 15) is 14.3 Å². The van der Waals surface area contributed by atoms with Crippen molar-refractivity contribution in [2.24, 2.45) is 5.10 Å². The maximum absolute atomic E-state index is 13.8. The summed E-state index contributed by atoms with van der Waals surface area (Å²) in [4.78, 5) is 13.1. The minimum absolute atomic E-state index is 0.0896. The molecule has 4 aromatic rings. The maximum Gasteiger partial charge on any atom is 0.281 e. The lowest BCUT2D eigenvalue weighted by molar-refractivity contribution is -0.136. The van der Waals surface area contributed by atoms with E-state index in [4.69, 9.17) is 4.74 Å². The lowest BCUT2D eigenvalue weighted by atomic mass is 9.85. The van der Waals surface area contributed by atoms with Crippen LogP contribution in [-0.4, -0.2) is 17.2 Å². The molecule has 1 amide bonds. The minimum Gasteiger partial charge on any atom is -0.488 e. The Morgan fingerprint density at radius 2 is 1.54 bits per heavy atom. The predicted molar refractivity (Wildman–Crippen MR) is 136 cm³/mol. The Balaban J connectivity index is 1.46. The van der Waals surface area contributed by atoms with Crippen molar-refractivity contribution in [2.45, 2.75) is 12.2 Å². The number of hydrogen-bond acceptors (Lipinski definition) is 4. The van der Waals surface area contributed by atoms with Crippen molar-refractivity contribution in [1.82, 2.24) is 5.43 Å². The van der Waals surface area contributed by atoms with E-state index >= 15 is 0 Å². The largest absolute Gasteiger partial charge is 0.488 e. The quantitative estimate of drug-likeness (QED) is 0.231. The number of nitrogens with one attached hydrogen (secondary N) is 1. The third kappa shape index (κ3) is 5.65. The van der Waals surface area contributed by atoms with Gasteiger partial charge in [-0.25, -0.2) is 9.82 Å². The van der Waals surface area contributed by atoms with Gasteiger partial charge in [0.05, 0.1) is 10.7 Å². The van der Waals surface area contributed by atoms with Gasteiger partial charge in [0.15, 0.2) is 5.60 Å². The normalized spacial score (nSPS) is 11.4. The van der Waals surface area contributed by atoms with Crippen LogP contribution in [0, 0.1) is 5.82 Å². The van der Waals surface area contributed by atoms with Gasteiger partial charge in [-0.3, -0.25) is 4.79 Å². The van der Waals surface area contributed by atoms with Crippen molar-refractivity contribution < 1.29 is 19.0 Å². The van der Waals surface area contributed by atoms with Gasteiger partial charge >= 0.3 is 0 Å². The number of nitrogens with zero attached hydrogens (tertiary/aromatic N) is 1. The zero-order chi connectivity index (χ0) is 24.7. The molecule has 35 heavy (non-hydrogen) atoms. The Morgan fingerprint density at radius 1 is 0.943 bits per heavy atom. The van der Waals surface area contributed by atoms with Crippen molar-refractivity contribution in [2.75, 3.05) is 0 Å². The van der Waals surface area contributed by atoms with Gasteiger partial charge in [0, 0.05) is 5.56 Å². The number of hydrogen-bond donors (Lipinski definition) is 2. The number of rotatable bonds is 8. The van der Waals surface area contributed by atoms with Crippen molar-refractivity contribution >= 4 is 28.1 Å². The summed E-state index contributed by atoms with van der Waals surface area (Å²) in [7, 11) is 0. The van der Waals surface area contributed by atoms with Crippen LogP contribution in [0.15, 0.2) is 113 Å². The number of ether oxygens (including phenoxy) is 1. The second-order valence-electron chi connectivity index (χ2n) is 7.71. The summed E-state index contributed by atoms with van der Waals surface area (Å²) in [6.07, 6.45) is 1.46. The van der Waals surface area contributed by atoms with Crippen LogP contribution in [-0.2, 0) is 17.0 Å². The smallest absolute Gasteiger partial charge is 0.281 e. The average molecular weight is 533 g/mol. The van der Waals surface area contributed by atoms with Crippen molar-refractivity contribution in [3.05, 3.63) is 136 Å². The van der Waals surface area contributed by atoms with E-state index < -0.39 is 11.5 Å². The average Bonchev–Trinajstić information content (AvgIpc) is 2.89. The summed E-state index contributed by atoms with van der Waals surface area (Å²) in [5.74, 6) is -0.471. The summed E-state index contributed by atoms with van der Waals surface area (Å²) in [6.45, 7) is 0.0896. The molecule has 7 heteroatoms. The Labute approximate surface area is 211 Å². The number of carbonyl (C=O) groups excluding carboxylic acids is 1. The first-order valence-electron chi connectivity index (χ1n) is 10.8. The van der Waals surface area contributed by atoms with Crippen molar-refractivity contribution in [3.8, 4) is 5.75 Å². The van der Waals surface area contributed by atoms with Crippen molar-refractivity contribution in [3.63, 3.8) is 0 Å². The highest BCUT2D eigenvalue weighted by Gasteiger charge is 2.39. The Hall–Kier alpha value is -3.81. The third-order valence-corrected chi connectivity index (χ3v) is 6.01. The molecule has 0 unspecified atom stereocenters. The molecule has 2 N–H and O–H groups in total. The fourth-order valence-corrected chi connectivity index (χ4v) is 4.03. The van der Waals surface area contributed by atoms with Gasteiger partial charge in [-0.1, -0.05) is 78.9 Å². The first kappa shape index (κ1) is 24.3. The van der Waals surface area contributed by atoms with Crippen LogP contribution in [0.25, 0.3) is 0 Å². The van der Waals surface area contributed by atoms with E-state index in [0.29, 0.717) is 32.5 Å². The molecule has 0 atom stereocenters. The van der Waals surface area contributed by atoms with Gasteiger partial charge < -0.3 is 9.84 Å². The highest BCUT2D eigenvalue weighted by Crippen LogP contribution is 2.30. The van der Waals surface area contributed by atoms with E-state index in [-0.39, 0.29) is 12.4 Å². The first-order chi connectivity index (χ1) is 17.0. The summed E-state index contributed by atoms with van der Waals surface area (Å²) in [5.41, 5.74) is 2.53. The lowest BCUT2D eigenvalue weighted by Crippen LogP contribution is -2.43. The van der Waals surface area contributed by atoms with Gasteiger partial charge in [0.2, 0.25) is 0 Å². The van der Waals surface area contributed by atoms with Gasteiger partial charge in [0.1, 0.15) is 18.2 Å². The molecule has 0 fully saturated rings. The molecule has 4 rings (SSSR count). The second kappa shape index (κ2) is 11.1. The lowest BCUT2D eigenvalue weighted by Gasteiger charge is -2.27. The molecule has 176 valence electrons. The molecule has 4 aromatic carbocycles. The summed E-state index contributed by atoms with van der Waals surface area (Å²) < 4.78 is 20.2. The summed E-state index contributed by atoms with van der Waals surface area (Å²) in [6, 6.07) is 29.1. The summed E-state index contributed by atoms with van der Waals surface area (Å²) in [5, 5.41) is 15.5. The number of amides is 1. The maximum atomic E-state index is 13.8. The van der Waals surface area contributed by atoms with E-state index in [1.54, 1.807) is 84.9 Å². The van der Waals surface area contributed by atoms with E-state index in [0.717, 1.165) is 0 Å². The molecule has 0 saturated carbocycles. The SMILES string of the molecule is O=C(N/N=C/c1ccc(OCc2ccccc2F)c(Br)c1)C(O)(c1ccccc1)c1ccccc1. The van der Waals surface area contributed by atoms with E-state index in [1.165, 1.54) is 12.3 Å². The van der Waals surface area contributed by atoms with Gasteiger partial charge in [-0.05, 0) is 56.9 Å². The van der Waals surface area contributed by atoms with Gasteiger partial charge in [-0.15, -0.1) is 0 Å². The van der Waals surface area contributed by atoms with Crippen LogP contribution >= 0.6 is 15.9 Å². The number of halogens is 2. The standard InChI is InChI=1S/C28H22BrFN2O3/c29-24-17-20(15-16-26(24)35-19-21-9-7-8-14-25(21)30)18-31-32-27(33)28(34,22-10-3-1-4-11-22)23-12-5-2-6-13-23/h1-18,34H,19H2,(H,32,33)/b31-18+. The number of aliphatic hydroxyl groups is 1. The Morgan fingerprint density at radius 3 is 2.14 bits per heavy atom. The molecule has 5 nitrogen and oxygen atoms in total. The molecule has 0 heterocycles. The van der Waals surface area contributed by atoms with Crippen LogP contribution in [0.5, 0.6) is 5.75 Å². The molecule has 0 radical (unpaired) electrons. The fourth-order valence-electron chi connectivity index (χ4n) is 3.52. The predicted octanol–water partition coefficient (Wildman–Crippen LogP) is 5.55. The molecular formula is C28H22BrFN2O3. The molecule has 0 bridgehead atoms. The Kier molecular flexibility index (Phi) is 7.70. The van der Waals surface area contributed by atoms with Crippen LogP contribution < -0.4 is 10.2 Å². The molecule has 0 saturated heterocycles. The molecule has 0 aliphatic rings. The number of carbonyl (C=O) groups is 1. The summed E-state index contributed by atoms with van der Waals surface area (Å²) >= 11 is 3.45. The molecule has 0 aliphatic carbocycles. The van der Waals surface area contributed by atoms with Crippen molar-refractivity contribution in [1.29, 1.82) is 0 Å². The molecular weight excluding hydrogens is 511 g/mol. The monoisotopic (exact) mass is 532 g/mol. The van der Waals surface area contributed by atoms with Crippen LogP contribution in [0.2, 0.25) is 0 Å². The second-order valence-corrected chi connectivity index (χ2v) is 8.57. The van der Waals surface area contributed by atoms with Gasteiger partial charge in [-0.2, -0.15) is 5.10 Å². The highest BCUT2D eigenvalue weighted by atomic mass is 79.9. The fraction of sp³-hybridized carbons (Fsp3) is 0.0714. The first-order valence-corrected chi connectivity index (χ1v) is 11.6. The van der Waals surface area contributed by atoms with Gasteiger partial charge in [0.25, 0.3) is 5.91 Å². The van der Waals surface area contributed by atoms with Crippen LogP contribution in [0.3, 0.4) is 0 Å². The third-order valence-electron chi connectivity index (χ3n) is 5.39. The topological polar surface area (TPSA) is 70.9 Å². The minimum atomic E-state index is -1.91. The van der Waals surface area contributed by atoms with Crippen LogP contribution in [0.4, 0.5) is 4.39 Å². The zero-order valence-electron chi connectivity index (χ0n) is 18.6. The van der Waals surface area contributed by atoms with E-state index in [2.05, 4.69) is 26.5 Å².